The van der Waals surface area contributed by atoms with Gasteiger partial charge in [-0.25, -0.2) is 4.98 Å². The lowest BCUT2D eigenvalue weighted by Crippen LogP contribution is -2.11. The van der Waals surface area contributed by atoms with Gasteiger partial charge in [0.15, 0.2) is 5.13 Å². The van der Waals surface area contributed by atoms with Gasteiger partial charge in [-0.1, -0.05) is 30.3 Å². The van der Waals surface area contributed by atoms with Gasteiger partial charge in [-0.3, -0.25) is 10.1 Å². The fraction of sp³-hybridized carbons (Fsp3) is 0.0556. The van der Waals surface area contributed by atoms with Crippen LogP contribution in [0.5, 0.6) is 0 Å². The molecule has 1 heterocycles. The van der Waals surface area contributed by atoms with Crippen LogP contribution in [0.25, 0.3) is 11.3 Å². The summed E-state index contributed by atoms with van der Waals surface area (Å²) in [7, 11) is 0. The van der Waals surface area contributed by atoms with Gasteiger partial charge in [-0.05, 0) is 31.2 Å². The van der Waals surface area contributed by atoms with E-state index in [1.165, 1.54) is 11.3 Å². The number of hydrogen-bond donors (Lipinski definition) is 1. The molecule has 1 aromatic heterocycles. The average molecular weight is 319 g/mol. The van der Waals surface area contributed by atoms with E-state index in [1.54, 1.807) is 24.3 Å². The molecule has 0 radical (unpaired) electrons. The highest BCUT2D eigenvalue weighted by molar-refractivity contribution is 7.16. The molecule has 3 aromatic rings. The summed E-state index contributed by atoms with van der Waals surface area (Å²) in [6.07, 6.45) is 0. The summed E-state index contributed by atoms with van der Waals surface area (Å²) >= 11 is 1.44. The van der Waals surface area contributed by atoms with Crippen LogP contribution in [-0.2, 0) is 0 Å². The maximum atomic E-state index is 12.2. The third-order valence-electron chi connectivity index (χ3n) is 3.34. The summed E-state index contributed by atoms with van der Waals surface area (Å²) in [4.78, 5) is 17.8. The lowest BCUT2D eigenvalue weighted by atomic mass is 10.1. The Morgan fingerprint density at radius 2 is 1.83 bits per heavy atom. The smallest absolute Gasteiger partial charge is 0.257 e. The van der Waals surface area contributed by atoms with Crippen molar-refractivity contribution in [2.24, 2.45) is 0 Å². The highest BCUT2D eigenvalue weighted by Crippen LogP contribution is 2.30. The van der Waals surface area contributed by atoms with Crippen molar-refractivity contribution < 1.29 is 4.79 Å². The van der Waals surface area contributed by atoms with E-state index in [-0.39, 0.29) is 5.91 Å². The second-order valence-corrected chi connectivity index (χ2v) is 6.14. The van der Waals surface area contributed by atoms with Crippen LogP contribution in [0.3, 0.4) is 0 Å². The fourth-order valence-electron chi connectivity index (χ4n) is 2.18. The Bertz CT molecular complexity index is 877. The summed E-state index contributed by atoms with van der Waals surface area (Å²) in [5.41, 5.74) is 2.93. The number of nitrogens with one attached hydrogen (secondary N) is 1. The largest absolute Gasteiger partial charge is 0.298 e. The van der Waals surface area contributed by atoms with Gasteiger partial charge in [0.1, 0.15) is 0 Å². The first-order valence-corrected chi connectivity index (χ1v) is 7.83. The first-order valence-electron chi connectivity index (χ1n) is 7.02. The third kappa shape index (κ3) is 3.28. The predicted octanol–water partition coefficient (Wildman–Crippen LogP) is 4.24. The number of nitriles is 1. The van der Waals surface area contributed by atoms with E-state index in [0.717, 1.165) is 16.1 Å². The highest BCUT2D eigenvalue weighted by Gasteiger charge is 2.13. The molecule has 2 aromatic carbocycles. The van der Waals surface area contributed by atoms with Crippen molar-refractivity contribution in [1.82, 2.24) is 4.98 Å². The van der Waals surface area contributed by atoms with Crippen LogP contribution in [0.15, 0.2) is 54.6 Å². The monoisotopic (exact) mass is 319 g/mol. The summed E-state index contributed by atoms with van der Waals surface area (Å²) in [5, 5.41) is 12.2. The molecular formula is C18H13N3OS. The predicted molar refractivity (Wildman–Crippen MR) is 91.4 cm³/mol. The summed E-state index contributed by atoms with van der Waals surface area (Å²) in [5.74, 6) is -0.233. The Kier molecular flexibility index (Phi) is 4.18. The number of hydrogen-bond acceptors (Lipinski definition) is 4. The van der Waals surface area contributed by atoms with Gasteiger partial charge in [0.2, 0.25) is 0 Å². The zero-order valence-electron chi connectivity index (χ0n) is 12.4. The van der Waals surface area contributed by atoms with Gasteiger partial charge in [-0.15, -0.1) is 11.3 Å². The molecule has 5 heteroatoms. The quantitative estimate of drug-likeness (QED) is 0.785. The van der Waals surface area contributed by atoms with Crippen molar-refractivity contribution >= 4 is 22.4 Å². The minimum atomic E-state index is -0.233. The second kappa shape index (κ2) is 6.42. The molecule has 0 spiro atoms. The molecule has 0 atom stereocenters. The molecule has 112 valence electrons. The number of carbonyl (C=O) groups is 1. The summed E-state index contributed by atoms with van der Waals surface area (Å²) in [6, 6.07) is 18.4. The van der Waals surface area contributed by atoms with E-state index in [2.05, 4.69) is 10.3 Å². The molecule has 0 unspecified atom stereocenters. The van der Waals surface area contributed by atoms with Crippen molar-refractivity contribution in [2.45, 2.75) is 6.92 Å². The normalized spacial score (nSPS) is 10.1. The topological polar surface area (TPSA) is 65.8 Å². The molecule has 0 bridgehead atoms. The van der Waals surface area contributed by atoms with Crippen LogP contribution < -0.4 is 5.32 Å². The molecule has 0 saturated carbocycles. The molecule has 0 aliphatic carbocycles. The molecule has 1 amide bonds. The number of nitrogens with zero attached hydrogens (tertiary/aromatic N) is 2. The molecule has 23 heavy (non-hydrogen) atoms. The number of carbonyl (C=O) groups excluding carboxylic acids is 1. The van der Waals surface area contributed by atoms with Crippen molar-refractivity contribution in [1.29, 1.82) is 5.26 Å². The summed E-state index contributed by atoms with van der Waals surface area (Å²) in [6.45, 7) is 1.98. The number of thiazole rings is 1. The maximum absolute atomic E-state index is 12.2. The second-order valence-electron chi connectivity index (χ2n) is 4.93. The van der Waals surface area contributed by atoms with Gasteiger partial charge >= 0.3 is 0 Å². The molecule has 0 aliphatic heterocycles. The SMILES string of the molecule is Cc1sc(NC(=O)c2ccc(C#N)cc2)nc1-c1ccccc1. The van der Waals surface area contributed by atoms with Crippen LogP contribution in [-0.4, -0.2) is 10.9 Å². The van der Waals surface area contributed by atoms with Gasteiger partial charge in [-0.2, -0.15) is 5.26 Å². The number of benzene rings is 2. The lowest BCUT2D eigenvalue weighted by molar-refractivity contribution is 0.102. The van der Waals surface area contributed by atoms with Crippen LogP contribution in [0.4, 0.5) is 5.13 Å². The van der Waals surface area contributed by atoms with E-state index >= 15 is 0 Å². The standard InChI is InChI=1S/C18H13N3OS/c1-12-16(14-5-3-2-4-6-14)20-18(23-12)21-17(22)15-9-7-13(11-19)8-10-15/h2-10H,1H3,(H,20,21,22). The Morgan fingerprint density at radius 1 is 1.13 bits per heavy atom. The Morgan fingerprint density at radius 3 is 2.48 bits per heavy atom. The molecule has 0 saturated heterocycles. The number of aryl methyl sites for hydroxylation is 1. The fourth-order valence-corrected chi connectivity index (χ4v) is 3.01. The highest BCUT2D eigenvalue weighted by atomic mass is 32.1. The zero-order chi connectivity index (χ0) is 16.2. The molecule has 0 fully saturated rings. The van der Waals surface area contributed by atoms with Crippen LogP contribution in [0.2, 0.25) is 0 Å². The number of amides is 1. The lowest BCUT2D eigenvalue weighted by Gasteiger charge is -2.01. The van der Waals surface area contributed by atoms with Gasteiger partial charge < -0.3 is 0 Å². The Labute approximate surface area is 138 Å². The van der Waals surface area contributed by atoms with Crippen molar-refractivity contribution in [3.8, 4) is 17.3 Å². The summed E-state index contributed by atoms with van der Waals surface area (Å²) < 4.78 is 0. The molecule has 4 nitrogen and oxygen atoms in total. The van der Waals surface area contributed by atoms with Gasteiger partial charge in [0.25, 0.3) is 5.91 Å². The average Bonchev–Trinajstić information content (AvgIpc) is 2.96. The zero-order valence-corrected chi connectivity index (χ0v) is 13.2. The first kappa shape index (κ1) is 14.9. The van der Waals surface area contributed by atoms with Gasteiger partial charge in [0, 0.05) is 16.0 Å². The first-order chi connectivity index (χ1) is 11.2. The van der Waals surface area contributed by atoms with Crippen LogP contribution in [0, 0.1) is 18.3 Å². The number of rotatable bonds is 3. The van der Waals surface area contributed by atoms with E-state index < -0.39 is 0 Å². The van der Waals surface area contributed by atoms with E-state index in [0.29, 0.717) is 16.3 Å². The minimum Gasteiger partial charge on any atom is -0.298 e. The van der Waals surface area contributed by atoms with Crippen LogP contribution >= 0.6 is 11.3 Å². The molecule has 3 rings (SSSR count). The third-order valence-corrected chi connectivity index (χ3v) is 4.23. The van der Waals surface area contributed by atoms with E-state index in [4.69, 9.17) is 5.26 Å². The number of aromatic nitrogens is 1. The van der Waals surface area contributed by atoms with E-state index in [9.17, 15) is 4.79 Å². The van der Waals surface area contributed by atoms with E-state index in [1.807, 2.05) is 43.3 Å². The Hall–Kier alpha value is -2.97. The van der Waals surface area contributed by atoms with Crippen molar-refractivity contribution in [3.05, 3.63) is 70.6 Å². The van der Waals surface area contributed by atoms with Crippen molar-refractivity contribution in [2.75, 3.05) is 5.32 Å². The molecule has 1 N–H and O–H groups in total. The van der Waals surface area contributed by atoms with Gasteiger partial charge in [0.05, 0.1) is 17.3 Å². The minimum absolute atomic E-state index is 0.233. The van der Waals surface area contributed by atoms with Crippen molar-refractivity contribution in [3.63, 3.8) is 0 Å². The molecule has 0 aliphatic rings. The number of anilines is 1. The van der Waals surface area contributed by atoms with Crippen LogP contribution in [0.1, 0.15) is 20.8 Å². The molecular weight excluding hydrogens is 306 g/mol. The Balaban J connectivity index is 1.80. The maximum Gasteiger partial charge on any atom is 0.257 e.